The van der Waals surface area contributed by atoms with Gasteiger partial charge in [0.2, 0.25) is 0 Å². The molecule has 100 valence electrons. The second kappa shape index (κ2) is 3.43. The molecular formula is C10H13F2N3O2S. The molecule has 1 atom stereocenters. The number of likely N-dealkylation sites (N-methyl/N-ethyl adjacent to an activating group) is 1. The molecule has 8 heteroatoms. The number of rotatable bonds is 2. The molecule has 0 N–H and O–H groups in total. The molecule has 0 spiro atoms. The van der Waals surface area contributed by atoms with Crippen molar-refractivity contribution in [2.45, 2.75) is 18.8 Å². The van der Waals surface area contributed by atoms with Crippen molar-refractivity contribution in [1.29, 1.82) is 0 Å². The second-order valence-electron chi connectivity index (χ2n) is 4.75. The van der Waals surface area contributed by atoms with Crippen LogP contribution in [0.4, 0.5) is 8.78 Å². The van der Waals surface area contributed by atoms with Gasteiger partial charge in [-0.25, -0.2) is 17.4 Å². The highest BCUT2D eigenvalue weighted by atomic mass is 32.2. The summed E-state index contributed by atoms with van der Waals surface area (Å²) in [6.07, 6.45) is 2.16. The van der Waals surface area contributed by atoms with Gasteiger partial charge in [0.05, 0.1) is 5.70 Å². The highest BCUT2D eigenvalue weighted by molar-refractivity contribution is 7.88. The molecule has 0 aromatic heterocycles. The van der Waals surface area contributed by atoms with Crippen LogP contribution in [0.25, 0.3) is 0 Å². The summed E-state index contributed by atoms with van der Waals surface area (Å²) in [6.45, 7) is 0.372. The average Bonchev–Trinajstić information content (AvgIpc) is 2.86. The van der Waals surface area contributed by atoms with Gasteiger partial charge in [0, 0.05) is 32.5 Å². The minimum atomic E-state index is -3.72. The molecule has 3 rings (SSSR count). The Morgan fingerprint density at radius 3 is 2.83 bits per heavy atom. The van der Waals surface area contributed by atoms with E-state index in [9.17, 15) is 17.2 Å². The van der Waals surface area contributed by atoms with Crippen LogP contribution in [0, 0.1) is 5.92 Å². The summed E-state index contributed by atoms with van der Waals surface area (Å²) in [7, 11) is -2.32. The Hall–Kier alpha value is -1.18. The zero-order valence-electron chi connectivity index (χ0n) is 9.81. The van der Waals surface area contributed by atoms with E-state index >= 15 is 0 Å². The van der Waals surface area contributed by atoms with E-state index in [0.717, 1.165) is 8.61 Å². The van der Waals surface area contributed by atoms with Crippen molar-refractivity contribution >= 4 is 16.0 Å². The van der Waals surface area contributed by atoms with Crippen LogP contribution < -0.4 is 0 Å². The number of fused-ring (bicyclic) bond motifs is 1. The van der Waals surface area contributed by atoms with Gasteiger partial charge in [0.25, 0.3) is 5.92 Å². The van der Waals surface area contributed by atoms with Crippen molar-refractivity contribution in [2.24, 2.45) is 10.9 Å². The van der Waals surface area contributed by atoms with Crippen LogP contribution in [0.5, 0.6) is 0 Å². The summed E-state index contributed by atoms with van der Waals surface area (Å²) in [5.74, 6) is -3.23. The number of nitrogens with zero attached hydrogens (tertiary/aromatic N) is 3. The molecule has 0 aromatic carbocycles. The summed E-state index contributed by atoms with van der Waals surface area (Å²) >= 11 is 0. The molecular weight excluding hydrogens is 264 g/mol. The Bertz CT molecular complexity index is 555. The first kappa shape index (κ1) is 11.9. The molecule has 2 fully saturated rings. The van der Waals surface area contributed by atoms with Crippen molar-refractivity contribution in [1.82, 2.24) is 8.61 Å². The Labute approximate surface area is 104 Å². The summed E-state index contributed by atoms with van der Waals surface area (Å²) in [6, 6.07) is 0. The molecule has 2 heterocycles. The number of aliphatic imine (C=N–C) groups is 1. The van der Waals surface area contributed by atoms with Gasteiger partial charge < -0.3 is 0 Å². The third-order valence-corrected chi connectivity index (χ3v) is 5.26. The second-order valence-corrected chi connectivity index (χ2v) is 6.64. The van der Waals surface area contributed by atoms with Gasteiger partial charge in [-0.15, -0.1) is 0 Å². The smallest absolute Gasteiger partial charge is 0.265 e. The van der Waals surface area contributed by atoms with Gasteiger partial charge in [0.15, 0.2) is 5.84 Å². The quantitative estimate of drug-likeness (QED) is 0.750. The SMILES string of the molecule is CN1C2=NCCC=C2N(CC2CC2(F)F)S1(=O)=O. The van der Waals surface area contributed by atoms with E-state index in [1.165, 1.54) is 7.05 Å². The number of halogens is 2. The fourth-order valence-corrected chi connectivity index (χ4v) is 3.70. The molecule has 1 saturated heterocycles. The third kappa shape index (κ3) is 1.54. The van der Waals surface area contributed by atoms with Crippen LogP contribution in [0.3, 0.4) is 0 Å². The van der Waals surface area contributed by atoms with Crippen molar-refractivity contribution in [3.8, 4) is 0 Å². The Morgan fingerprint density at radius 2 is 2.22 bits per heavy atom. The number of hydrogen-bond donors (Lipinski definition) is 0. The van der Waals surface area contributed by atoms with Gasteiger partial charge in [-0.05, 0) is 6.42 Å². The average molecular weight is 277 g/mol. The number of hydrogen-bond acceptors (Lipinski definition) is 3. The Morgan fingerprint density at radius 1 is 1.56 bits per heavy atom. The molecule has 0 aromatic rings. The molecule has 3 aliphatic rings. The van der Waals surface area contributed by atoms with Gasteiger partial charge >= 0.3 is 10.2 Å². The predicted octanol–water partition coefficient (Wildman–Crippen LogP) is 0.820. The van der Waals surface area contributed by atoms with Gasteiger partial charge in [0.1, 0.15) is 0 Å². The van der Waals surface area contributed by atoms with E-state index in [0.29, 0.717) is 24.5 Å². The molecule has 0 amide bonds. The maximum absolute atomic E-state index is 12.9. The van der Waals surface area contributed by atoms with E-state index in [1.807, 2.05) is 0 Å². The lowest BCUT2D eigenvalue weighted by molar-refractivity contribution is 0.0960. The first-order valence-corrected chi connectivity index (χ1v) is 7.13. The monoisotopic (exact) mass is 277 g/mol. The van der Waals surface area contributed by atoms with Crippen molar-refractivity contribution in [3.05, 3.63) is 11.8 Å². The molecule has 0 radical (unpaired) electrons. The van der Waals surface area contributed by atoms with Crippen molar-refractivity contribution < 1.29 is 17.2 Å². The van der Waals surface area contributed by atoms with E-state index in [1.54, 1.807) is 6.08 Å². The molecule has 1 saturated carbocycles. The van der Waals surface area contributed by atoms with Crippen LogP contribution in [-0.4, -0.2) is 48.9 Å². The molecule has 0 bridgehead atoms. The third-order valence-electron chi connectivity index (χ3n) is 3.49. The topological polar surface area (TPSA) is 53.0 Å². The maximum Gasteiger partial charge on any atom is 0.327 e. The highest BCUT2D eigenvalue weighted by Crippen LogP contribution is 2.50. The van der Waals surface area contributed by atoms with Gasteiger partial charge in [-0.2, -0.15) is 8.42 Å². The molecule has 5 nitrogen and oxygen atoms in total. The Balaban J connectivity index is 1.93. The van der Waals surface area contributed by atoms with Crippen molar-refractivity contribution in [3.63, 3.8) is 0 Å². The van der Waals surface area contributed by atoms with E-state index in [4.69, 9.17) is 0 Å². The van der Waals surface area contributed by atoms with Crippen LogP contribution in [0.15, 0.2) is 16.8 Å². The first-order chi connectivity index (χ1) is 8.34. The summed E-state index contributed by atoms with van der Waals surface area (Å²) in [5.41, 5.74) is 0.450. The zero-order valence-corrected chi connectivity index (χ0v) is 10.6. The highest BCUT2D eigenvalue weighted by Gasteiger charge is 2.59. The first-order valence-electron chi connectivity index (χ1n) is 5.73. The zero-order chi connectivity index (χ0) is 13.1. The molecule has 1 aliphatic carbocycles. The summed E-state index contributed by atoms with van der Waals surface area (Å²) < 4.78 is 52.2. The molecule has 2 aliphatic heterocycles. The fourth-order valence-electron chi connectivity index (χ4n) is 2.26. The van der Waals surface area contributed by atoms with E-state index in [-0.39, 0.29) is 13.0 Å². The lowest BCUT2D eigenvalue weighted by Gasteiger charge is -2.18. The minimum Gasteiger partial charge on any atom is -0.265 e. The number of amidine groups is 1. The Kier molecular flexibility index (Phi) is 2.27. The van der Waals surface area contributed by atoms with E-state index < -0.39 is 22.0 Å². The minimum absolute atomic E-state index is 0.162. The van der Waals surface area contributed by atoms with Crippen LogP contribution in [-0.2, 0) is 10.2 Å². The summed E-state index contributed by atoms with van der Waals surface area (Å²) in [5, 5.41) is 0. The molecule has 18 heavy (non-hydrogen) atoms. The molecule has 1 unspecified atom stereocenters. The van der Waals surface area contributed by atoms with Crippen LogP contribution >= 0.6 is 0 Å². The largest absolute Gasteiger partial charge is 0.327 e. The van der Waals surface area contributed by atoms with Crippen LogP contribution in [0.1, 0.15) is 12.8 Å². The standard InChI is InChI=1S/C10H13F2N3O2S/c1-14-9-8(3-2-4-13-9)15(18(14,16)17)6-7-5-10(7,11)12/h3,7H,2,4-6H2,1H3. The summed E-state index contributed by atoms with van der Waals surface area (Å²) in [4.78, 5) is 4.15. The predicted molar refractivity (Wildman–Crippen MR) is 61.4 cm³/mol. The van der Waals surface area contributed by atoms with Crippen molar-refractivity contribution in [2.75, 3.05) is 20.1 Å². The fraction of sp³-hybridized carbons (Fsp3) is 0.700. The lowest BCUT2D eigenvalue weighted by atomic mass is 10.2. The van der Waals surface area contributed by atoms with Crippen LogP contribution in [0.2, 0.25) is 0 Å². The maximum atomic E-state index is 12.9. The number of dihydropyridines is 1. The normalized spacial score (nSPS) is 31.8. The van der Waals surface area contributed by atoms with Gasteiger partial charge in [-0.3, -0.25) is 4.99 Å². The lowest BCUT2D eigenvalue weighted by Crippen LogP contribution is -2.32. The van der Waals surface area contributed by atoms with Gasteiger partial charge in [-0.1, -0.05) is 6.08 Å². The van der Waals surface area contributed by atoms with E-state index in [2.05, 4.69) is 4.99 Å². The number of alkyl halides is 2.